The third-order valence-electron chi connectivity index (χ3n) is 3.97. The van der Waals surface area contributed by atoms with E-state index in [-0.39, 0.29) is 17.3 Å². The maximum absolute atomic E-state index is 12.5. The van der Waals surface area contributed by atoms with Crippen molar-refractivity contribution < 1.29 is 9.72 Å². The topological polar surface area (TPSA) is 101 Å². The van der Waals surface area contributed by atoms with Crippen LogP contribution in [0.2, 0.25) is 0 Å². The average Bonchev–Trinajstić information content (AvgIpc) is 3.23. The zero-order valence-corrected chi connectivity index (χ0v) is 13.7. The molecule has 2 aromatic carbocycles. The summed E-state index contributed by atoms with van der Waals surface area (Å²) in [4.78, 5) is 22.9. The number of non-ortho nitro benzene ring substituents is 1. The summed E-state index contributed by atoms with van der Waals surface area (Å²) in [5.41, 5.74) is 1.68. The fourth-order valence-corrected chi connectivity index (χ4v) is 3.68. The Morgan fingerprint density at radius 2 is 2.08 bits per heavy atom. The lowest BCUT2D eigenvalue weighted by molar-refractivity contribution is -0.384. The molecule has 8 heteroatoms. The third-order valence-corrected chi connectivity index (χ3v) is 4.99. The lowest BCUT2D eigenvalue weighted by Crippen LogP contribution is -2.23. The minimum absolute atomic E-state index is 0.0771. The maximum atomic E-state index is 12.5. The van der Waals surface area contributed by atoms with Crippen LogP contribution < -0.4 is 5.32 Å². The van der Waals surface area contributed by atoms with Crippen LogP contribution in [0.1, 0.15) is 16.1 Å². The van der Waals surface area contributed by atoms with Crippen molar-refractivity contribution >= 4 is 43.9 Å². The predicted octanol–water partition coefficient (Wildman–Crippen LogP) is 3.62. The molecule has 0 spiro atoms. The van der Waals surface area contributed by atoms with Gasteiger partial charge in [-0.05, 0) is 28.5 Å². The Hall–Kier alpha value is -3.26. The second-order valence-corrected chi connectivity index (χ2v) is 6.41. The van der Waals surface area contributed by atoms with Gasteiger partial charge in [0.25, 0.3) is 11.6 Å². The molecule has 2 aromatic heterocycles. The van der Waals surface area contributed by atoms with Crippen LogP contribution in [0.4, 0.5) is 5.69 Å². The van der Waals surface area contributed by atoms with Crippen LogP contribution in [0.5, 0.6) is 0 Å². The molecule has 0 fully saturated rings. The van der Waals surface area contributed by atoms with Crippen molar-refractivity contribution in [1.82, 2.24) is 15.5 Å². The van der Waals surface area contributed by atoms with E-state index in [1.807, 2.05) is 29.6 Å². The first kappa shape index (κ1) is 15.3. The molecule has 0 saturated carbocycles. The molecule has 4 rings (SSSR count). The van der Waals surface area contributed by atoms with Gasteiger partial charge in [-0.15, -0.1) is 11.3 Å². The van der Waals surface area contributed by atoms with Crippen LogP contribution in [0, 0.1) is 10.1 Å². The largest absolute Gasteiger partial charge is 0.346 e. The number of benzene rings is 2. The van der Waals surface area contributed by atoms with Crippen LogP contribution in [-0.2, 0) is 6.54 Å². The van der Waals surface area contributed by atoms with Crippen molar-refractivity contribution in [3.8, 4) is 0 Å². The molecule has 1 amide bonds. The van der Waals surface area contributed by atoms with Gasteiger partial charge < -0.3 is 5.32 Å². The second kappa shape index (κ2) is 5.99. The van der Waals surface area contributed by atoms with E-state index in [9.17, 15) is 14.9 Å². The Morgan fingerprint density at radius 3 is 2.92 bits per heavy atom. The van der Waals surface area contributed by atoms with E-state index >= 15 is 0 Å². The van der Waals surface area contributed by atoms with Crippen molar-refractivity contribution in [3.05, 3.63) is 69.2 Å². The van der Waals surface area contributed by atoms with Gasteiger partial charge in [0.15, 0.2) is 5.69 Å². The van der Waals surface area contributed by atoms with E-state index in [0.717, 1.165) is 15.6 Å². The van der Waals surface area contributed by atoms with Gasteiger partial charge in [0.05, 0.1) is 10.4 Å². The van der Waals surface area contributed by atoms with Crippen molar-refractivity contribution in [3.63, 3.8) is 0 Å². The Kier molecular flexibility index (Phi) is 3.66. The van der Waals surface area contributed by atoms with Gasteiger partial charge in [-0.1, -0.05) is 18.2 Å². The number of nitrogens with zero attached hydrogens (tertiary/aromatic N) is 2. The number of thiophene rings is 1. The van der Waals surface area contributed by atoms with Crippen LogP contribution in [0.3, 0.4) is 0 Å². The number of rotatable bonds is 4. The fraction of sp³-hybridized carbons (Fsp3) is 0.0588. The highest BCUT2D eigenvalue weighted by atomic mass is 32.1. The lowest BCUT2D eigenvalue weighted by Gasteiger charge is -2.03. The van der Waals surface area contributed by atoms with E-state index in [1.165, 1.54) is 12.1 Å². The number of aromatic nitrogens is 2. The maximum Gasteiger partial charge on any atom is 0.272 e. The minimum atomic E-state index is -0.494. The average molecular weight is 352 g/mol. The lowest BCUT2D eigenvalue weighted by atomic mass is 10.1. The number of carbonyl (C=O) groups is 1. The molecular weight excluding hydrogens is 340 g/mol. The summed E-state index contributed by atoms with van der Waals surface area (Å²) in [7, 11) is 0. The SMILES string of the molecule is O=C(NCc1csc2ccccc12)c1n[nH]c2ccc([N+](=O)[O-])cc12. The van der Waals surface area contributed by atoms with E-state index in [4.69, 9.17) is 0 Å². The molecule has 2 N–H and O–H groups in total. The molecule has 0 aliphatic carbocycles. The number of fused-ring (bicyclic) bond motifs is 2. The highest BCUT2D eigenvalue weighted by molar-refractivity contribution is 7.17. The smallest absolute Gasteiger partial charge is 0.272 e. The van der Waals surface area contributed by atoms with E-state index in [0.29, 0.717) is 17.4 Å². The van der Waals surface area contributed by atoms with Gasteiger partial charge in [-0.2, -0.15) is 5.10 Å². The molecule has 124 valence electrons. The summed E-state index contributed by atoms with van der Waals surface area (Å²) < 4.78 is 1.16. The predicted molar refractivity (Wildman–Crippen MR) is 95.7 cm³/mol. The number of H-pyrrole nitrogens is 1. The number of nitro benzene ring substituents is 1. The number of carbonyl (C=O) groups excluding carboxylic acids is 1. The first-order valence-electron chi connectivity index (χ1n) is 7.49. The number of hydrogen-bond acceptors (Lipinski definition) is 5. The van der Waals surface area contributed by atoms with Crippen molar-refractivity contribution in [2.75, 3.05) is 0 Å². The highest BCUT2D eigenvalue weighted by Crippen LogP contribution is 2.26. The number of amides is 1. The van der Waals surface area contributed by atoms with Gasteiger partial charge in [0, 0.05) is 28.8 Å². The summed E-state index contributed by atoms with van der Waals surface area (Å²) in [6.07, 6.45) is 0. The Morgan fingerprint density at radius 1 is 1.24 bits per heavy atom. The third kappa shape index (κ3) is 2.72. The molecule has 7 nitrogen and oxygen atoms in total. The normalized spacial score (nSPS) is 11.0. The van der Waals surface area contributed by atoms with Gasteiger partial charge in [-0.25, -0.2) is 0 Å². The van der Waals surface area contributed by atoms with Gasteiger partial charge in [0.2, 0.25) is 0 Å². The van der Waals surface area contributed by atoms with Crippen molar-refractivity contribution in [2.45, 2.75) is 6.54 Å². The summed E-state index contributed by atoms with van der Waals surface area (Å²) in [5, 5.41) is 24.0. The second-order valence-electron chi connectivity index (χ2n) is 5.50. The zero-order valence-electron chi connectivity index (χ0n) is 12.9. The van der Waals surface area contributed by atoms with E-state index in [1.54, 1.807) is 17.4 Å². The first-order chi connectivity index (χ1) is 12.1. The zero-order chi connectivity index (χ0) is 17.4. The van der Waals surface area contributed by atoms with Crippen LogP contribution in [0.15, 0.2) is 47.8 Å². The summed E-state index contributed by atoms with van der Waals surface area (Å²) >= 11 is 1.62. The van der Waals surface area contributed by atoms with Gasteiger partial charge in [-0.3, -0.25) is 20.0 Å². The highest BCUT2D eigenvalue weighted by Gasteiger charge is 2.17. The van der Waals surface area contributed by atoms with E-state index < -0.39 is 4.92 Å². The van der Waals surface area contributed by atoms with Gasteiger partial charge >= 0.3 is 0 Å². The van der Waals surface area contributed by atoms with Crippen molar-refractivity contribution in [1.29, 1.82) is 0 Å². The first-order valence-corrected chi connectivity index (χ1v) is 8.37. The molecule has 25 heavy (non-hydrogen) atoms. The Bertz CT molecular complexity index is 1120. The minimum Gasteiger partial charge on any atom is -0.346 e. The molecule has 0 radical (unpaired) electrons. The molecular formula is C17H12N4O3S. The monoisotopic (exact) mass is 352 g/mol. The van der Waals surface area contributed by atoms with Crippen LogP contribution in [0.25, 0.3) is 21.0 Å². The molecule has 0 atom stereocenters. The van der Waals surface area contributed by atoms with Crippen LogP contribution in [-0.4, -0.2) is 21.0 Å². The van der Waals surface area contributed by atoms with Crippen molar-refractivity contribution in [2.24, 2.45) is 0 Å². The fourth-order valence-electron chi connectivity index (χ4n) is 2.72. The molecule has 0 saturated heterocycles. The number of nitrogens with one attached hydrogen (secondary N) is 2. The molecule has 0 aliphatic rings. The standard InChI is InChI=1S/C17H12N4O3S/c22-17(18-8-10-9-25-15-4-2-1-3-12(10)15)16-13-7-11(21(23)24)5-6-14(13)19-20-16/h1-7,9H,8H2,(H,18,22)(H,19,20). The Labute approximate surface area is 145 Å². The molecule has 0 aliphatic heterocycles. The molecule has 0 bridgehead atoms. The summed E-state index contributed by atoms with van der Waals surface area (Å²) in [6, 6.07) is 12.3. The van der Waals surface area contributed by atoms with E-state index in [2.05, 4.69) is 15.5 Å². The number of aromatic amines is 1. The number of hydrogen-bond donors (Lipinski definition) is 2. The molecule has 2 heterocycles. The molecule has 0 unspecified atom stereocenters. The summed E-state index contributed by atoms with van der Waals surface area (Å²) in [5.74, 6) is -0.373. The Balaban J connectivity index is 1.60. The summed E-state index contributed by atoms with van der Waals surface area (Å²) in [6.45, 7) is 0.367. The quantitative estimate of drug-likeness (QED) is 0.433. The number of nitro groups is 1. The molecule has 4 aromatic rings. The van der Waals surface area contributed by atoms with Gasteiger partial charge in [0.1, 0.15) is 0 Å². The van der Waals surface area contributed by atoms with Crippen LogP contribution >= 0.6 is 11.3 Å².